The second-order valence-corrected chi connectivity index (χ2v) is 12.5. The van der Waals surface area contributed by atoms with E-state index in [0.717, 1.165) is 27.9 Å². The first-order valence-electron chi connectivity index (χ1n) is 16.8. The molecule has 0 spiro atoms. The number of carbonyl (C=O) groups excluding carboxylic acids is 8. The smallest absolute Gasteiger partial charge is 0.407 e. The average Bonchev–Trinajstić information content (AvgIpc) is 3.10. The number of ether oxygens (including phenoxy) is 7. The molecule has 2 N–H and O–H groups in total. The molecule has 0 aliphatic carbocycles. The van der Waals surface area contributed by atoms with Gasteiger partial charge < -0.3 is 48.6 Å². The first-order valence-corrected chi connectivity index (χ1v) is 16.8. The third-order valence-electron chi connectivity index (χ3n) is 8.17. The summed E-state index contributed by atoms with van der Waals surface area (Å²) in [6.45, 7) is 6.91. The van der Waals surface area contributed by atoms with Crippen molar-refractivity contribution in [3.8, 4) is 5.75 Å². The van der Waals surface area contributed by atoms with Crippen LogP contribution in [0, 0.1) is 13.8 Å². The summed E-state index contributed by atoms with van der Waals surface area (Å²) < 4.78 is 38.6. The zero-order valence-corrected chi connectivity index (χ0v) is 31.0. The molecule has 17 heteroatoms. The van der Waals surface area contributed by atoms with Gasteiger partial charge in [-0.05, 0) is 42.7 Å². The van der Waals surface area contributed by atoms with Gasteiger partial charge >= 0.3 is 35.9 Å². The number of esters is 5. The maximum absolute atomic E-state index is 13.5. The van der Waals surface area contributed by atoms with Gasteiger partial charge in [-0.25, -0.2) is 9.59 Å². The van der Waals surface area contributed by atoms with Crippen LogP contribution >= 0.6 is 0 Å². The van der Waals surface area contributed by atoms with E-state index in [1.165, 1.54) is 19.1 Å². The summed E-state index contributed by atoms with van der Waals surface area (Å²) in [5.41, 5.74) is -0.453. The minimum Gasteiger partial charge on any atom is -0.467 e. The van der Waals surface area contributed by atoms with Crippen LogP contribution in [0.3, 0.4) is 0 Å². The number of amides is 2. The molecule has 17 nitrogen and oxygen atoms in total. The number of aryl methyl sites for hydroxylation is 2. The Morgan fingerprint density at radius 2 is 1.54 bits per heavy atom. The summed E-state index contributed by atoms with van der Waals surface area (Å²) in [6.07, 6.45) is -8.35. The number of benzene rings is 2. The molecule has 2 amide bonds. The quantitative estimate of drug-likeness (QED) is 0.115. The molecule has 1 saturated heterocycles. The van der Waals surface area contributed by atoms with Gasteiger partial charge in [-0.3, -0.25) is 24.0 Å². The second-order valence-electron chi connectivity index (χ2n) is 12.5. The van der Waals surface area contributed by atoms with Gasteiger partial charge in [0, 0.05) is 46.1 Å². The van der Waals surface area contributed by atoms with Crippen LogP contribution in [0.1, 0.15) is 67.6 Å². The molecule has 0 bridgehead atoms. The van der Waals surface area contributed by atoms with E-state index in [1.54, 1.807) is 44.2 Å². The molecule has 6 atom stereocenters. The Kier molecular flexibility index (Phi) is 15.2. The zero-order chi connectivity index (χ0) is 40.2. The van der Waals surface area contributed by atoms with E-state index >= 15 is 0 Å². The van der Waals surface area contributed by atoms with Crippen molar-refractivity contribution < 1.29 is 71.5 Å². The Morgan fingerprint density at radius 3 is 2.07 bits per heavy atom. The van der Waals surface area contributed by atoms with E-state index in [1.807, 2.05) is 0 Å². The number of hydrogen-bond acceptors (Lipinski definition) is 15. The third kappa shape index (κ3) is 11.6. The highest BCUT2D eigenvalue weighted by atomic mass is 16.6. The fourth-order valence-electron chi connectivity index (χ4n) is 6.05. The van der Waals surface area contributed by atoms with Crippen molar-refractivity contribution in [1.29, 1.82) is 0 Å². The Bertz CT molecular complexity index is 1710. The largest absolute Gasteiger partial charge is 0.467 e. The van der Waals surface area contributed by atoms with Gasteiger partial charge in [0.25, 0.3) is 5.91 Å². The predicted octanol–water partition coefficient (Wildman–Crippen LogP) is 2.34. The first-order chi connectivity index (χ1) is 25.5. The van der Waals surface area contributed by atoms with E-state index in [0.29, 0.717) is 23.0 Å². The highest BCUT2D eigenvalue weighted by Gasteiger charge is 2.58. The Hall–Kier alpha value is -5.84. The summed E-state index contributed by atoms with van der Waals surface area (Å²) in [6, 6.07) is 10.1. The van der Waals surface area contributed by atoms with E-state index in [-0.39, 0.29) is 17.9 Å². The molecular formula is C37H44N2O15. The van der Waals surface area contributed by atoms with Gasteiger partial charge in [0.15, 0.2) is 17.8 Å². The highest BCUT2D eigenvalue weighted by molar-refractivity contribution is 5.95. The molecule has 2 aromatic carbocycles. The van der Waals surface area contributed by atoms with Gasteiger partial charge in [0.1, 0.15) is 30.9 Å². The Balaban J connectivity index is 2.10. The number of nitrogens with one attached hydrogen (secondary N) is 2. The van der Waals surface area contributed by atoms with Crippen LogP contribution in [0.25, 0.3) is 0 Å². The molecule has 0 saturated carbocycles. The van der Waals surface area contributed by atoms with Crippen LogP contribution in [0.15, 0.2) is 42.5 Å². The third-order valence-corrected chi connectivity index (χ3v) is 8.17. The number of hydrogen-bond donors (Lipinski definition) is 2. The molecule has 0 radical (unpaired) electrons. The van der Waals surface area contributed by atoms with Crippen molar-refractivity contribution in [2.45, 2.75) is 97.0 Å². The average molecular weight is 757 g/mol. The van der Waals surface area contributed by atoms with Crippen molar-refractivity contribution in [2.24, 2.45) is 0 Å². The number of methoxy groups -OCH3 is 1. The van der Waals surface area contributed by atoms with Crippen molar-refractivity contribution in [1.82, 2.24) is 10.6 Å². The number of aldehydes is 1. The van der Waals surface area contributed by atoms with Crippen molar-refractivity contribution >= 4 is 48.1 Å². The predicted molar refractivity (Wildman–Crippen MR) is 185 cm³/mol. The summed E-state index contributed by atoms with van der Waals surface area (Å²) in [4.78, 5) is 101. The lowest BCUT2D eigenvalue weighted by Crippen LogP contribution is -2.69. The number of rotatable bonds is 15. The molecule has 0 unspecified atom stereocenters. The van der Waals surface area contributed by atoms with Gasteiger partial charge in [0.05, 0.1) is 19.7 Å². The molecule has 292 valence electrons. The lowest BCUT2D eigenvalue weighted by molar-refractivity contribution is -0.239. The summed E-state index contributed by atoms with van der Waals surface area (Å²) in [5, 5.41) is 5.17. The molecule has 0 aromatic heterocycles. The van der Waals surface area contributed by atoms with E-state index in [2.05, 4.69) is 10.6 Å². The SMILES string of the molecule is COC(=O)[C@@]1(CC=O)C[C@H](OC(C)=O)[C@@H](NC(=O)OCc2ccccc2)[C@H]([C@H](OC(C)=O)[C@@H](CNC(=O)c2cc(C)c(OC(C)=O)c(C)c2)OC(C)=O)O1. The zero-order valence-electron chi connectivity index (χ0n) is 31.0. The minimum atomic E-state index is -2.16. The Morgan fingerprint density at radius 1 is 0.907 bits per heavy atom. The van der Waals surface area contributed by atoms with E-state index in [9.17, 15) is 38.4 Å². The molecule has 1 aliphatic rings. The molecule has 1 heterocycles. The summed E-state index contributed by atoms with van der Waals surface area (Å²) >= 11 is 0. The minimum absolute atomic E-state index is 0.131. The molecule has 1 fully saturated rings. The van der Waals surface area contributed by atoms with Gasteiger partial charge in [-0.1, -0.05) is 30.3 Å². The maximum atomic E-state index is 13.5. The first kappa shape index (κ1) is 42.6. The summed E-state index contributed by atoms with van der Waals surface area (Å²) in [7, 11) is 1.03. The van der Waals surface area contributed by atoms with Gasteiger partial charge in [-0.15, -0.1) is 0 Å². The van der Waals surface area contributed by atoms with Crippen LogP contribution in [0.5, 0.6) is 5.75 Å². The lowest BCUT2D eigenvalue weighted by Gasteiger charge is -2.48. The highest BCUT2D eigenvalue weighted by Crippen LogP contribution is 2.38. The number of alkyl carbamates (subject to hydrolysis) is 1. The molecule has 54 heavy (non-hydrogen) atoms. The number of carbonyl (C=O) groups is 8. The fraction of sp³-hybridized carbons (Fsp3) is 0.459. The van der Waals surface area contributed by atoms with E-state index in [4.69, 9.17) is 33.2 Å². The van der Waals surface area contributed by atoms with Crippen LogP contribution < -0.4 is 15.4 Å². The maximum Gasteiger partial charge on any atom is 0.407 e. The molecule has 1 aliphatic heterocycles. The topological polar surface area (TPSA) is 225 Å². The summed E-state index contributed by atoms with van der Waals surface area (Å²) in [5.74, 6) is -4.72. The van der Waals surface area contributed by atoms with Crippen LogP contribution in [-0.4, -0.2) is 97.8 Å². The Labute approximate surface area is 311 Å². The van der Waals surface area contributed by atoms with Crippen molar-refractivity contribution in [3.05, 3.63) is 64.7 Å². The fourth-order valence-corrected chi connectivity index (χ4v) is 6.05. The molecule has 3 rings (SSSR count). The molecular weight excluding hydrogens is 712 g/mol. The van der Waals surface area contributed by atoms with Crippen LogP contribution in [0.4, 0.5) is 4.79 Å². The van der Waals surface area contributed by atoms with Crippen LogP contribution in [-0.2, 0) is 63.8 Å². The normalized spacial score (nSPS) is 20.2. The standard InChI is InChI=1S/C37H44N2O15/c1-20-15-27(16-21(2)31(20)52-24(5)43)34(45)38-18-29(51-23(4)42)32(53-25(6)44)33-30(39-36(47)49-19-26-11-9-8-10-12-26)28(50-22(3)41)17-37(54-33,13-14-40)35(46)48-7/h8-12,14-16,28-30,32-33H,13,17-19H2,1-7H3,(H,38,45)(H,39,47)/t28-,29+,30+,32+,33+,37+/m0/s1. The second kappa shape index (κ2) is 19.3. The molecule has 2 aromatic rings. The van der Waals surface area contributed by atoms with E-state index < -0.39 is 97.3 Å². The monoisotopic (exact) mass is 756 g/mol. The van der Waals surface area contributed by atoms with Crippen molar-refractivity contribution in [2.75, 3.05) is 13.7 Å². The lowest BCUT2D eigenvalue weighted by atomic mass is 9.81. The van der Waals surface area contributed by atoms with Crippen molar-refractivity contribution in [3.63, 3.8) is 0 Å². The van der Waals surface area contributed by atoms with Gasteiger partial charge in [-0.2, -0.15) is 0 Å². The van der Waals surface area contributed by atoms with Gasteiger partial charge in [0.2, 0.25) is 0 Å². The van der Waals surface area contributed by atoms with Crippen LogP contribution in [0.2, 0.25) is 0 Å².